The summed E-state index contributed by atoms with van der Waals surface area (Å²) in [6.07, 6.45) is 2.02. The third-order valence-corrected chi connectivity index (χ3v) is 3.52. The van der Waals surface area contributed by atoms with Gasteiger partial charge in [-0.3, -0.25) is 0 Å². The van der Waals surface area contributed by atoms with Gasteiger partial charge in [-0.2, -0.15) is 0 Å². The van der Waals surface area contributed by atoms with E-state index in [1.54, 1.807) is 0 Å². The Hall–Kier alpha value is -1.51. The molecule has 0 aliphatic rings. The van der Waals surface area contributed by atoms with Gasteiger partial charge in [0.05, 0.1) is 5.02 Å². The average Bonchev–Trinajstić information content (AvgIpc) is 2.47. The summed E-state index contributed by atoms with van der Waals surface area (Å²) in [7, 11) is 0. The summed E-state index contributed by atoms with van der Waals surface area (Å²) >= 11 is 6.26. The molecule has 0 aliphatic heterocycles. The number of ether oxygens (including phenoxy) is 1. The van der Waals surface area contributed by atoms with Crippen molar-refractivity contribution in [1.29, 1.82) is 0 Å². The zero-order chi connectivity index (χ0) is 14.4. The molecule has 0 saturated carbocycles. The summed E-state index contributed by atoms with van der Waals surface area (Å²) in [4.78, 5) is 0. The molecule has 2 N–H and O–H groups in total. The molecule has 2 aromatic carbocycles. The SMILES string of the molecule is CCCC(N)c1ccc(OCc2ccccc2)c(Cl)c1. The molecule has 106 valence electrons. The molecule has 2 rings (SSSR count). The van der Waals surface area contributed by atoms with Gasteiger partial charge >= 0.3 is 0 Å². The van der Waals surface area contributed by atoms with Crippen LogP contribution in [0.1, 0.15) is 36.9 Å². The van der Waals surface area contributed by atoms with Gasteiger partial charge in [0.25, 0.3) is 0 Å². The van der Waals surface area contributed by atoms with E-state index in [0.29, 0.717) is 17.4 Å². The lowest BCUT2D eigenvalue weighted by Crippen LogP contribution is -2.09. The molecular weight excluding hydrogens is 270 g/mol. The van der Waals surface area contributed by atoms with E-state index in [9.17, 15) is 0 Å². The number of benzene rings is 2. The molecule has 1 unspecified atom stereocenters. The summed E-state index contributed by atoms with van der Waals surface area (Å²) < 4.78 is 5.74. The fraction of sp³-hybridized carbons (Fsp3) is 0.294. The Labute approximate surface area is 125 Å². The van der Waals surface area contributed by atoms with Crippen LogP contribution >= 0.6 is 11.6 Å². The van der Waals surface area contributed by atoms with Crippen molar-refractivity contribution in [1.82, 2.24) is 0 Å². The summed E-state index contributed by atoms with van der Waals surface area (Å²) in [5, 5.41) is 0.616. The maximum atomic E-state index is 6.26. The first-order valence-electron chi connectivity index (χ1n) is 6.92. The zero-order valence-electron chi connectivity index (χ0n) is 11.7. The predicted molar refractivity (Wildman–Crippen MR) is 84.1 cm³/mol. The Bertz CT molecular complexity index is 542. The molecule has 2 aromatic rings. The van der Waals surface area contributed by atoms with E-state index in [1.165, 1.54) is 0 Å². The number of halogens is 1. The highest BCUT2D eigenvalue weighted by Gasteiger charge is 2.08. The lowest BCUT2D eigenvalue weighted by Gasteiger charge is -2.13. The monoisotopic (exact) mass is 289 g/mol. The van der Waals surface area contributed by atoms with Crippen molar-refractivity contribution >= 4 is 11.6 Å². The van der Waals surface area contributed by atoms with Crippen LogP contribution < -0.4 is 10.5 Å². The van der Waals surface area contributed by atoms with Crippen LogP contribution in [-0.2, 0) is 6.61 Å². The maximum absolute atomic E-state index is 6.26. The van der Waals surface area contributed by atoms with Crippen LogP contribution in [-0.4, -0.2) is 0 Å². The van der Waals surface area contributed by atoms with Crippen molar-refractivity contribution in [3.63, 3.8) is 0 Å². The molecule has 1 atom stereocenters. The fourth-order valence-electron chi connectivity index (χ4n) is 2.08. The van der Waals surface area contributed by atoms with Crippen LogP contribution in [0.2, 0.25) is 5.02 Å². The third-order valence-electron chi connectivity index (χ3n) is 3.22. The van der Waals surface area contributed by atoms with Crippen LogP contribution in [0.5, 0.6) is 5.75 Å². The van der Waals surface area contributed by atoms with E-state index in [1.807, 2.05) is 48.5 Å². The Balaban J connectivity index is 2.02. The van der Waals surface area contributed by atoms with Crippen molar-refractivity contribution in [2.24, 2.45) is 5.73 Å². The highest BCUT2D eigenvalue weighted by atomic mass is 35.5. The standard InChI is InChI=1S/C17H20ClNO/c1-2-6-16(19)14-9-10-17(15(18)11-14)20-12-13-7-4-3-5-8-13/h3-5,7-11,16H,2,6,12,19H2,1H3. The van der Waals surface area contributed by atoms with Gasteiger partial charge in [-0.15, -0.1) is 0 Å². The topological polar surface area (TPSA) is 35.2 Å². The molecular formula is C17H20ClNO. The van der Waals surface area contributed by atoms with Crippen molar-refractivity contribution in [2.45, 2.75) is 32.4 Å². The second-order valence-corrected chi connectivity index (χ2v) is 5.27. The fourth-order valence-corrected chi connectivity index (χ4v) is 2.32. The second-order valence-electron chi connectivity index (χ2n) is 4.86. The maximum Gasteiger partial charge on any atom is 0.138 e. The first kappa shape index (κ1) is 14.9. The van der Waals surface area contributed by atoms with Crippen LogP contribution in [0.4, 0.5) is 0 Å². The Morgan fingerprint density at radius 3 is 2.55 bits per heavy atom. The van der Waals surface area contributed by atoms with Crippen molar-refractivity contribution in [3.05, 3.63) is 64.7 Å². The van der Waals surface area contributed by atoms with E-state index in [4.69, 9.17) is 22.1 Å². The first-order valence-corrected chi connectivity index (χ1v) is 7.30. The molecule has 0 spiro atoms. The molecule has 0 amide bonds. The lowest BCUT2D eigenvalue weighted by molar-refractivity contribution is 0.306. The van der Waals surface area contributed by atoms with Gasteiger partial charge in [0.1, 0.15) is 12.4 Å². The minimum Gasteiger partial charge on any atom is -0.487 e. The molecule has 0 radical (unpaired) electrons. The lowest BCUT2D eigenvalue weighted by atomic mass is 10.0. The van der Waals surface area contributed by atoms with E-state index in [0.717, 1.165) is 24.0 Å². The molecule has 0 heterocycles. The largest absolute Gasteiger partial charge is 0.487 e. The summed E-state index contributed by atoms with van der Waals surface area (Å²) in [6, 6.07) is 15.9. The minimum absolute atomic E-state index is 0.0423. The normalized spacial score (nSPS) is 12.2. The molecule has 0 saturated heterocycles. The van der Waals surface area contributed by atoms with Gasteiger partial charge < -0.3 is 10.5 Å². The van der Waals surface area contributed by atoms with E-state index in [-0.39, 0.29) is 6.04 Å². The van der Waals surface area contributed by atoms with Gasteiger partial charge in [-0.25, -0.2) is 0 Å². The molecule has 2 nitrogen and oxygen atoms in total. The Morgan fingerprint density at radius 2 is 1.90 bits per heavy atom. The average molecular weight is 290 g/mol. The first-order chi connectivity index (χ1) is 9.70. The predicted octanol–water partition coefficient (Wildman–Crippen LogP) is 4.72. The number of hydrogen-bond acceptors (Lipinski definition) is 2. The van der Waals surface area contributed by atoms with Crippen molar-refractivity contribution in [2.75, 3.05) is 0 Å². The molecule has 20 heavy (non-hydrogen) atoms. The van der Waals surface area contributed by atoms with Crippen molar-refractivity contribution < 1.29 is 4.74 Å². The highest BCUT2D eigenvalue weighted by Crippen LogP contribution is 2.29. The smallest absolute Gasteiger partial charge is 0.138 e. The highest BCUT2D eigenvalue weighted by molar-refractivity contribution is 6.32. The summed E-state index contributed by atoms with van der Waals surface area (Å²) in [5.41, 5.74) is 8.27. The Morgan fingerprint density at radius 1 is 1.15 bits per heavy atom. The zero-order valence-corrected chi connectivity index (χ0v) is 12.4. The van der Waals surface area contributed by atoms with Crippen molar-refractivity contribution in [3.8, 4) is 5.75 Å². The van der Waals surface area contributed by atoms with Gasteiger partial charge in [-0.05, 0) is 29.7 Å². The number of nitrogens with two attached hydrogens (primary N) is 1. The van der Waals surface area contributed by atoms with Gasteiger partial charge in [-0.1, -0.05) is 61.3 Å². The molecule has 0 bridgehead atoms. The third kappa shape index (κ3) is 3.99. The Kier molecular flexibility index (Phi) is 5.45. The molecule has 0 fully saturated rings. The molecule has 0 aliphatic carbocycles. The number of hydrogen-bond donors (Lipinski definition) is 1. The molecule has 0 aromatic heterocycles. The minimum atomic E-state index is 0.0423. The van der Waals surface area contributed by atoms with Gasteiger partial charge in [0, 0.05) is 6.04 Å². The second kappa shape index (κ2) is 7.32. The van der Waals surface area contributed by atoms with E-state index < -0.39 is 0 Å². The van der Waals surface area contributed by atoms with Crippen LogP contribution in [0.3, 0.4) is 0 Å². The van der Waals surface area contributed by atoms with E-state index in [2.05, 4.69) is 6.92 Å². The van der Waals surface area contributed by atoms with Crippen LogP contribution in [0.15, 0.2) is 48.5 Å². The summed E-state index contributed by atoms with van der Waals surface area (Å²) in [5.74, 6) is 0.697. The summed E-state index contributed by atoms with van der Waals surface area (Å²) in [6.45, 7) is 2.64. The van der Waals surface area contributed by atoms with E-state index >= 15 is 0 Å². The van der Waals surface area contributed by atoms with Crippen LogP contribution in [0.25, 0.3) is 0 Å². The van der Waals surface area contributed by atoms with Gasteiger partial charge in [0.15, 0.2) is 0 Å². The van der Waals surface area contributed by atoms with Gasteiger partial charge in [0.2, 0.25) is 0 Å². The molecule has 3 heteroatoms. The number of rotatable bonds is 6. The quantitative estimate of drug-likeness (QED) is 0.835. The van der Waals surface area contributed by atoms with Crippen LogP contribution in [0, 0.1) is 0 Å².